The second-order valence-corrected chi connectivity index (χ2v) is 6.54. The van der Waals surface area contributed by atoms with Crippen molar-refractivity contribution in [1.82, 2.24) is 5.32 Å². The number of benzene rings is 1. The molecule has 0 spiro atoms. The number of nitrogens with zero attached hydrogens (tertiary/aromatic N) is 1. The highest BCUT2D eigenvalue weighted by Crippen LogP contribution is 2.27. The summed E-state index contributed by atoms with van der Waals surface area (Å²) in [5, 5.41) is 12.5. The summed E-state index contributed by atoms with van der Waals surface area (Å²) < 4.78 is 1.01. The van der Waals surface area contributed by atoms with Gasteiger partial charge in [-0.3, -0.25) is 4.79 Å². The summed E-state index contributed by atoms with van der Waals surface area (Å²) in [7, 11) is 0. The Labute approximate surface area is 121 Å². The van der Waals surface area contributed by atoms with Crippen LogP contribution in [-0.4, -0.2) is 35.7 Å². The third kappa shape index (κ3) is 3.70. The van der Waals surface area contributed by atoms with Crippen LogP contribution in [0.5, 0.6) is 0 Å². The van der Waals surface area contributed by atoms with Crippen molar-refractivity contribution in [2.24, 2.45) is 0 Å². The smallest absolute Gasteiger partial charge is 0.305 e. The van der Waals surface area contributed by atoms with Crippen molar-refractivity contribution in [3.05, 3.63) is 28.7 Å². The predicted octanol–water partition coefficient (Wildman–Crippen LogP) is 2.48. The van der Waals surface area contributed by atoms with Gasteiger partial charge >= 0.3 is 5.97 Å². The van der Waals surface area contributed by atoms with Crippen LogP contribution in [0.25, 0.3) is 0 Å². The number of carboxylic acids is 1. The van der Waals surface area contributed by atoms with Crippen molar-refractivity contribution in [3.63, 3.8) is 0 Å². The number of nitrogens with one attached hydrogen (secondary N) is 1. The van der Waals surface area contributed by atoms with Gasteiger partial charge in [0, 0.05) is 28.8 Å². The minimum atomic E-state index is -0.758. The van der Waals surface area contributed by atoms with E-state index in [1.54, 1.807) is 0 Å². The Morgan fingerprint density at radius 3 is 2.95 bits per heavy atom. The molecule has 1 aliphatic heterocycles. The molecule has 2 rings (SSSR count). The van der Waals surface area contributed by atoms with E-state index in [0.717, 1.165) is 16.7 Å². The highest BCUT2D eigenvalue weighted by molar-refractivity contribution is 9.10. The highest BCUT2D eigenvalue weighted by atomic mass is 79.9. The topological polar surface area (TPSA) is 52.6 Å². The van der Waals surface area contributed by atoms with Gasteiger partial charge in [0.15, 0.2) is 0 Å². The summed E-state index contributed by atoms with van der Waals surface area (Å²) in [4.78, 5) is 13.2. The molecule has 1 unspecified atom stereocenters. The van der Waals surface area contributed by atoms with Crippen LogP contribution < -0.4 is 10.2 Å². The number of anilines is 1. The van der Waals surface area contributed by atoms with Gasteiger partial charge in [0.2, 0.25) is 0 Å². The molecule has 1 fully saturated rings. The molecule has 0 aromatic heterocycles. The molecule has 1 aliphatic rings. The minimum Gasteiger partial charge on any atom is -0.481 e. The second kappa shape index (κ2) is 5.51. The molecule has 0 aliphatic carbocycles. The summed E-state index contributed by atoms with van der Waals surface area (Å²) >= 11 is 3.47. The largest absolute Gasteiger partial charge is 0.481 e. The molecule has 1 atom stereocenters. The van der Waals surface area contributed by atoms with E-state index in [1.807, 2.05) is 24.3 Å². The number of hydrogen-bond acceptors (Lipinski definition) is 3. The quantitative estimate of drug-likeness (QED) is 0.896. The van der Waals surface area contributed by atoms with E-state index in [4.69, 9.17) is 5.11 Å². The SMILES string of the molecule is CC1(C)CN(c2cccc(Br)c2)C(CC(=O)O)CN1. The number of aliphatic carboxylic acids is 1. The van der Waals surface area contributed by atoms with Crippen LogP contribution in [-0.2, 0) is 4.79 Å². The Bertz CT molecular complexity index is 476. The summed E-state index contributed by atoms with van der Waals surface area (Å²) in [5.74, 6) is -0.758. The fourth-order valence-electron chi connectivity index (χ4n) is 2.46. The van der Waals surface area contributed by atoms with Gasteiger partial charge in [-0.1, -0.05) is 22.0 Å². The number of rotatable bonds is 3. The molecule has 1 aromatic carbocycles. The van der Waals surface area contributed by atoms with Gasteiger partial charge in [0.1, 0.15) is 0 Å². The molecule has 0 amide bonds. The van der Waals surface area contributed by atoms with Crippen LogP contribution >= 0.6 is 15.9 Å². The zero-order valence-corrected chi connectivity index (χ0v) is 12.8. The number of hydrogen-bond donors (Lipinski definition) is 2. The Morgan fingerprint density at radius 2 is 2.32 bits per heavy atom. The Kier molecular flexibility index (Phi) is 4.16. The molecular formula is C14H19BrN2O2. The van der Waals surface area contributed by atoms with Crippen LogP contribution in [0.3, 0.4) is 0 Å². The number of carbonyl (C=O) groups is 1. The standard InChI is InChI=1S/C14H19BrN2O2/c1-14(2)9-17(11-5-3-4-10(15)6-11)12(8-16-14)7-13(18)19/h3-6,12,16H,7-9H2,1-2H3,(H,18,19). The molecule has 0 bridgehead atoms. The molecule has 104 valence electrons. The second-order valence-electron chi connectivity index (χ2n) is 5.62. The lowest BCUT2D eigenvalue weighted by atomic mass is 9.96. The monoisotopic (exact) mass is 326 g/mol. The summed E-state index contributed by atoms with van der Waals surface area (Å²) in [6, 6.07) is 8.01. The molecule has 1 heterocycles. The maximum absolute atomic E-state index is 11.0. The number of halogens is 1. The molecule has 1 aromatic rings. The molecule has 1 saturated heterocycles. The lowest BCUT2D eigenvalue weighted by molar-refractivity contribution is -0.137. The average molecular weight is 327 g/mol. The summed E-state index contributed by atoms with van der Waals surface area (Å²) in [6.07, 6.45) is 0.148. The van der Waals surface area contributed by atoms with Gasteiger partial charge in [0.05, 0.1) is 12.5 Å². The first-order chi connectivity index (χ1) is 8.87. The molecule has 0 radical (unpaired) electrons. The first kappa shape index (κ1) is 14.3. The lowest BCUT2D eigenvalue weighted by Gasteiger charge is -2.45. The van der Waals surface area contributed by atoms with Gasteiger partial charge in [0.25, 0.3) is 0 Å². The van der Waals surface area contributed by atoms with Crippen molar-refractivity contribution in [1.29, 1.82) is 0 Å². The van der Waals surface area contributed by atoms with E-state index >= 15 is 0 Å². The van der Waals surface area contributed by atoms with Gasteiger partial charge in [-0.25, -0.2) is 0 Å². The zero-order chi connectivity index (χ0) is 14.0. The summed E-state index contributed by atoms with van der Waals surface area (Å²) in [5.41, 5.74) is 1.05. The van der Waals surface area contributed by atoms with Gasteiger partial charge in [-0.05, 0) is 32.0 Å². The molecule has 2 N–H and O–H groups in total. The molecule has 0 saturated carbocycles. The van der Waals surface area contributed by atoms with Crippen LogP contribution in [0.15, 0.2) is 28.7 Å². The van der Waals surface area contributed by atoms with Crippen LogP contribution in [0.1, 0.15) is 20.3 Å². The van der Waals surface area contributed by atoms with Gasteiger partial charge in [-0.2, -0.15) is 0 Å². The molecule has 19 heavy (non-hydrogen) atoms. The summed E-state index contributed by atoms with van der Waals surface area (Å²) in [6.45, 7) is 5.75. The Hall–Kier alpha value is -1.07. The van der Waals surface area contributed by atoms with E-state index in [0.29, 0.717) is 6.54 Å². The van der Waals surface area contributed by atoms with Crippen LogP contribution in [0.2, 0.25) is 0 Å². The van der Waals surface area contributed by atoms with E-state index in [-0.39, 0.29) is 18.0 Å². The highest BCUT2D eigenvalue weighted by Gasteiger charge is 2.33. The van der Waals surface area contributed by atoms with Crippen molar-refractivity contribution in [3.8, 4) is 0 Å². The van der Waals surface area contributed by atoms with E-state index < -0.39 is 5.97 Å². The third-order valence-electron chi connectivity index (χ3n) is 3.37. The molecule has 5 heteroatoms. The van der Waals surface area contributed by atoms with Gasteiger partial charge < -0.3 is 15.3 Å². The van der Waals surface area contributed by atoms with Crippen molar-refractivity contribution in [2.45, 2.75) is 31.8 Å². The predicted molar refractivity (Wildman–Crippen MR) is 79.6 cm³/mol. The molecular weight excluding hydrogens is 308 g/mol. The van der Waals surface area contributed by atoms with Gasteiger partial charge in [-0.15, -0.1) is 0 Å². The maximum atomic E-state index is 11.0. The minimum absolute atomic E-state index is 0.0141. The first-order valence-corrected chi connectivity index (χ1v) is 7.16. The number of piperazine rings is 1. The Morgan fingerprint density at radius 1 is 1.58 bits per heavy atom. The zero-order valence-electron chi connectivity index (χ0n) is 11.2. The van der Waals surface area contributed by atoms with Crippen LogP contribution in [0.4, 0.5) is 5.69 Å². The van der Waals surface area contributed by atoms with Crippen molar-refractivity contribution in [2.75, 3.05) is 18.0 Å². The fourth-order valence-corrected chi connectivity index (χ4v) is 2.84. The number of carboxylic acid groups (broad SMARTS) is 1. The third-order valence-corrected chi connectivity index (χ3v) is 3.87. The lowest BCUT2D eigenvalue weighted by Crippen LogP contribution is -2.62. The van der Waals surface area contributed by atoms with E-state index in [9.17, 15) is 4.79 Å². The fraction of sp³-hybridized carbons (Fsp3) is 0.500. The van der Waals surface area contributed by atoms with Crippen molar-refractivity contribution >= 4 is 27.6 Å². The molecule has 4 nitrogen and oxygen atoms in total. The van der Waals surface area contributed by atoms with E-state index in [1.165, 1.54) is 0 Å². The average Bonchev–Trinajstić information content (AvgIpc) is 2.31. The first-order valence-electron chi connectivity index (χ1n) is 6.36. The van der Waals surface area contributed by atoms with Crippen molar-refractivity contribution < 1.29 is 9.90 Å². The Balaban J connectivity index is 2.27. The van der Waals surface area contributed by atoms with Crippen LogP contribution in [0, 0.1) is 0 Å². The normalized spacial score (nSPS) is 22.3. The van der Waals surface area contributed by atoms with E-state index in [2.05, 4.69) is 40.0 Å². The maximum Gasteiger partial charge on any atom is 0.305 e.